The Morgan fingerprint density at radius 1 is 1.20 bits per heavy atom. The van der Waals surface area contributed by atoms with Crippen molar-refractivity contribution in [1.82, 2.24) is 15.0 Å². The Bertz CT molecular complexity index is 551. The molecule has 0 amide bonds. The summed E-state index contributed by atoms with van der Waals surface area (Å²) >= 11 is 0. The van der Waals surface area contributed by atoms with E-state index in [-0.39, 0.29) is 0 Å². The third kappa shape index (κ3) is 3.57. The summed E-state index contributed by atoms with van der Waals surface area (Å²) in [5, 5.41) is 6.32. The minimum absolute atomic E-state index is 0.608. The van der Waals surface area contributed by atoms with Crippen LogP contribution >= 0.6 is 0 Å². The van der Waals surface area contributed by atoms with Gasteiger partial charge in [0.1, 0.15) is 17.5 Å². The van der Waals surface area contributed by atoms with Crippen molar-refractivity contribution in [1.29, 1.82) is 0 Å². The zero-order valence-electron chi connectivity index (χ0n) is 12.0. The molecule has 0 aliphatic rings. The van der Waals surface area contributed by atoms with Gasteiger partial charge in [0.05, 0.1) is 7.11 Å². The Morgan fingerprint density at radius 2 is 2.00 bits per heavy atom. The number of pyridine rings is 1. The zero-order chi connectivity index (χ0) is 14.4. The number of methoxy groups -OCH3 is 1. The second kappa shape index (κ2) is 6.70. The first kappa shape index (κ1) is 14.0. The van der Waals surface area contributed by atoms with Crippen LogP contribution in [-0.4, -0.2) is 29.1 Å². The number of rotatable bonds is 6. The fourth-order valence-electron chi connectivity index (χ4n) is 1.74. The normalized spacial score (nSPS) is 10.2. The van der Waals surface area contributed by atoms with Crippen molar-refractivity contribution in [2.24, 2.45) is 0 Å². The average molecular weight is 273 g/mol. The number of aryl methyl sites for hydroxylation is 1. The highest BCUT2D eigenvalue weighted by atomic mass is 16.5. The van der Waals surface area contributed by atoms with Gasteiger partial charge in [-0.1, -0.05) is 6.92 Å². The number of hydrogen-bond donors (Lipinski definition) is 2. The van der Waals surface area contributed by atoms with Crippen molar-refractivity contribution < 1.29 is 4.74 Å². The first-order valence-corrected chi connectivity index (χ1v) is 6.53. The van der Waals surface area contributed by atoms with Crippen LogP contribution in [0.5, 0.6) is 5.88 Å². The van der Waals surface area contributed by atoms with E-state index in [0.29, 0.717) is 12.4 Å². The summed E-state index contributed by atoms with van der Waals surface area (Å²) in [5.41, 5.74) is 1.08. The maximum Gasteiger partial charge on any atom is 0.213 e. The Hall–Kier alpha value is -2.37. The molecule has 0 radical (unpaired) electrons. The molecule has 6 heteroatoms. The van der Waals surface area contributed by atoms with E-state index in [1.54, 1.807) is 13.3 Å². The third-order valence-corrected chi connectivity index (χ3v) is 2.83. The lowest BCUT2D eigenvalue weighted by atomic mass is 10.2. The molecule has 0 spiro atoms. The number of nitrogens with one attached hydrogen (secondary N) is 2. The second-order valence-corrected chi connectivity index (χ2v) is 4.22. The lowest BCUT2D eigenvalue weighted by Crippen LogP contribution is -2.06. The van der Waals surface area contributed by atoms with E-state index in [1.165, 1.54) is 0 Å². The summed E-state index contributed by atoms with van der Waals surface area (Å²) in [4.78, 5) is 12.9. The topological polar surface area (TPSA) is 72.0 Å². The minimum atomic E-state index is 0.608. The summed E-state index contributed by atoms with van der Waals surface area (Å²) in [7, 11) is 3.45. The fraction of sp³-hybridized carbons (Fsp3) is 0.357. The first-order chi connectivity index (χ1) is 9.75. The van der Waals surface area contributed by atoms with Gasteiger partial charge < -0.3 is 15.4 Å². The molecule has 2 aromatic rings. The smallest absolute Gasteiger partial charge is 0.213 e. The van der Waals surface area contributed by atoms with Gasteiger partial charge in [0.2, 0.25) is 5.88 Å². The zero-order valence-corrected chi connectivity index (χ0v) is 12.0. The third-order valence-electron chi connectivity index (χ3n) is 2.83. The van der Waals surface area contributed by atoms with Crippen LogP contribution in [0, 0.1) is 0 Å². The van der Waals surface area contributed by atoms with E-state index in [0.717, 1.165) is 29.4 Å². The lowest BCUT2D eigenvalue weighted by molar-refractivity contribution is 0.397. The molecule has 2 N–H and O–H groups in total. The van der Waals surface area contributed by atoms with Gasteiger partial charge in [0.25, 0.3) is 0 Å². The van der Waals surface area contributed by atoms with Crippen LogP contribution in [0.25, 0.3) is 0 Å². The quantitative estimate of drug-likeness (QED) is 0.839. The molecule has 0 saturated heterocycles. The first-order valence-electron chi connectivity index (χ1n) is 6.53. The van der Waals surface area contributed by atoms with Crippen molar-refractivity contribution in [2.45, 2.75) is 19.9 Å². The molecule has 0 saturated carbocycles. The summed E-state index contributed by atoms with van der Waals surface area (Å²) in [6, 6.07) is 5.72. The maximum atomic E-state index is 5.11. The van der Waals surface area contributed by atoms with Crippen molar-refractivity contribution in [3.05, 3.63) is 35.8 Å². The molecular formula is C14H19N5O. The molecule has 20 heavy (non-hydrogen) atoms. The van der Waals surface area contributed by atoms with Gasteiger partial charge in [-0.05, 0) is 11.6 Å². The molecule has 2 aromatic heterocycles. The molecule has 0 aromatic carbocycles. The van der Waals surface area contributed by atoms with Crippen molar-refractivity contribution >= 4 is 11.6 Å². The van der Waals surface area contributed by atoms with Gasteiger partial charge in [-0.25, -0.2) is 15.0 Å². The Balaban J connectivity index is 2.09. The molecule has 2 rings (SSSR count). The minimum Gasteiger partial charge on any atom is -0.481 e. The molecule has 0 aliphatic carbocycles. The van der Waals surface area contributed by atoms with E-state index < -0.39 is 0 Å². The second-order valence-electron chi connectivity index (χ2n) is 4.22. The largest absolute Gasteiger partial charge is 0.481 e. The SMILES string of the molecule is CCc1nc(NC)cc(NCc2ccnc(OC)c2)n1. The number of nitrogens with zero attached hydrogens (tertiary/aromatic N) is 3. The van der Waals surface area contributed by atoms with Gasteiger partial charge in [-0.15, -0.1) is 0 Å². The monoisotopic (exact) mass is 273 g/mol. The maximum absolute atomic E-state index is 5.11. The molecule has 6 nitrogen and oxygen atoms in total. The van der Waals surface area contributed by atoms with E-state index in [2.05, 4.69) is 25.6 Å². The summed E-state index contributed by atoms with van der Waals surface area (Å²) < 4.78 is 5.11. The fourth-order valence-corrected chi connectivity index (χ4v) is 1.74. The standard InChI is InChI=1S/C14H19N5O/c1-4-11-18-12(15-2)8-13(19-11)17-9-10-5-6-16-14(7-10)20-3/h5-8H,4,9H2,1-3H3,(H2,15,17,18,19). The van der Waals surface area contributed by atoms with Crippen LogP contribution in [-0.2, 0) is 13.0 Å². The van der Waals surface area contributed by atoms with E-state index in [1.807, 2.05) is 32.2 Å². The predicted octanol–water partition coefficient (Wildman–Crippen LogP) is 2.10. The van der Waals surface area contributed by atoms with Crippen molar-refractivity contribution in [2.75, 3.05) is 24.8 Å². The molecule has 2 heterocycles. The molecule has 0 aliphatic heterocycles. The van der Waals surface area contributed by atoms with Crippen molar-refractivity contribution in [3.63, 3.8) is 0 Å². The lowest BCUT2D eigenvalue weighted by Gasteiger charge is -2.09. The van der Waals surface area contributed by atoms with E-state index in [9.17, 15) is 0 Å². The van der Waals surface area contributed by atoms with E-state index in [4.69, 9.17) is 4.74 Å². The molecule has 0 atom stereocenters. The number of hydrogen-bond acceptors (Lipinski definition) is 6. The Labute approximate surface area is 118 Å². The molecule has 0 unspecified atom stereocenters. The molecule has 0 fully saturated rings. The van der Waals surface area contributed by atoms with Gasteiger partial charge in [-0.3, -0.25) is 0 Å². The Morgan fingerprint density at radius 3 is 2.70 bits per heavy atom. The highest BCUT2D eigenvalue weighted by molar-refractivity contribution is 5.47. The highest BCUT2D eigenvalue weighted by Crippen LogP contribution is 2.14. The van der Waals surface area contributed by atoms with Crippen LogP contribution in [0.4, 0.5) is 11.6 Å². The Kier molecular flexibility index (Phi) is 4.70. The van der Waals surface area contributed by atoms with Gasteiger partial charge in [-0.2, -0.15) is 0 Å². The van der Waals surface area contributed by atoms with E-state index >= 15 is 0 Å². The summed E-state index contributed by atoms with van der Waals surface area (Å²) in [5.74, 6) is 3.03. The summed E-state index contributed by atoms with van der Waals surface area (Å²) in [6.07, 6.45) is 2.53. The predicted molar refractivity (Wildman–Crippen MR) is 79.1 cm³/mol. The van der Waals surface area contributed by atoms with Gasteiger partial charge in [0.15, 0.2) is 0 Å². The number of anilines is 2. The van der Waals surface area contributed by atoms with Gasteiger partial charge >= 0.3 is 0 Å². The van der Waals surface area contributed by atoms with Crippen LogP contribution in [0.1, 0.15) is 18.3 Å². The van der Waals surface area contributed by atoms with Gasteiger partial charge in [0, 0.05) is 38.3 Å². The average Bonchev–Trinajstić information content (AvgIpc) is 2.52. The molecule has 0 bridgehead atoms. The molecular weight excluding hydrogens is 254 g/mol. The van der Waals surface area contributed by atoms with Crippen molar-refractivity contribution in [3.8, 4) is 5.88 Å². The van der Waals surface area contributed by atoms with Crippen LogP contribution in [0.15, 0.2) is 24.4 Å². The number of aromatic nitrogens is 3. The molecule has 106 valence electrons. The van der Waals surface area contributed by atoms with Crippen LogP contribution in [0.3, 0.4) is 0 Å². The highest BCUT2D eigenvalue weighted by Gasteiger charge is 2.03. The van der Waals surface area contributed by atoms with Crippen LogP contribution in [0.2, 0.25) is 0 Å². The summed E-state index contributed by atoms with van der Waals surface area (Å²) in [6.45, 7) is 2.69. The van der Waals surface area contributed by atoms with Crippen LogP contribution < -0.4 is 15.4 Å². The number of ether oxygens (including phenoxy) is 1.